The van der Waals surface area contributed by atoms with Crippen LogP contribution in [0.2, 0.25) is 0 Å². The molecule has 0 heterocycles. The minimum Gasteiger partial charge on any atom is -0.119 e. The zero-order valence-electron chi connectivity index (χ0n) is 14.2. The first-order chi connectivity index (χ1) is 9.63. The molecule has 0 radical (unpaired) electrons. The Balaban J connectivity index is 0. The van der Waals surface area contributed by atoms with Crippen LogP contribution in [0, 0.1) is 5.92 Å². The molecule has 0 aliphatic carbocycles. The van der Waals surface area contributed by atoms with E-state index in [-0.39, 0.29) is 22.6 Å². The smallest absolute Gasteiger partial charge is 0.119 e. The molecule has 3 atom stereocenters. The molecule has 0 fully saturated rings. The molecule has 0 N–H and O–H groups in total. The van der Waals surface area contributed by atoms with Gasteiger partial charge in [-0.3, -0.25) is 0 Å². The topological polar surface area (TPSA) is 35.5 Å². The summed E-state index contributed by atoms with van der Waals surface area (Å²) in [6.45, 7) is 9.10. The van der Waals surface area contributed by atoms with Crippen molar-refractivity contribution in [1.82, 2.24) is 0 Å². The van der Waals surface area contributed by atoms with E-state index in [4.69, 9.17) is 9.05 Å². The Kier molecular flexibility index (Phi) is 19.1. The molecule has 0 aliphatic heterocycles. The van der Waals surface area contributed by atoms with Crippen LogP contribution in [-0.4, -0.2) is 12.7 Å². The van der Waals surface area contributed by atoms with Crippen molar-refractivity contribution in [2.75, 3.05) is 6.61 Å². The minimum atomic E-state index is -1.95. The first-order valence-electron chi connectivity index (χ1n) is 8.40. The van der Waals surface area contributed by atoms with E-state index in [9.17, 15) is 4.57 Å². The Morgan fingerprint density at radius 1 is 0.952 bits per heavy atom. The van der Waals surface area contributed by atoms with E-state index in [0.29, 0.717) is 12.5 Å². The molecule has 5 heteroatoms. The van der Waals surface area contributed by atoms with Crippen molar-refractivity contribution in [2.24, 2.45) is 5.92 Å². The van der Waals surface area contributed by atoms with Gasteiger partial charge >= 0.3 is 8.25 Å². The van der Waals surface area contributed by atoms with Crippen LogP contribution in [0.25, 0.3) is 0 Å². The van der Waals surface area contributed by atoms with E-state index in [2.05, 4.69) is 20.8 Å². The second-order valence-corrected chi connectivity index (χ2v) is 6.62. The summed E-state index contributed by atoms with van der Waals surface area (Å²) in [5.41, 5.74) is 0. The quantitative estimate of drug-likeness (QED) is 0.208. The molecule has 130 valence electrons. The van der Waals surface area contributed by atoms with Crippen LogP contribution < -0.4 is 0 Å². The fourth-order valence-corrected chi connectivity index (χ4v) is 2.95. The summed E-state index contributed by atoms with van der Waals surface area (Å²) < 4.78 is 22.5. The second kappa shape index (κ2) is 16.9. The van der Waals surface area contributed by atoms with Crippen molar-refractivity contribution in [3.8, 4) is 0 Å². The van der Waals surface area contributed by atoms with Crippen molar-refractivity contribution in [1.29, 1.82) is 0 Å². The first kappa shape index (κ1) is 23.8. The van der Waals surface area contributed by atoms with Crippen LogP contribution >= 0.6 is 8.25 Å². The summed E-state index contributed by atoms with van der Waals surface area (Å²) in [7, 11) is -1.95. The maximum atomic E-state index is 11.7. The number of rotatable bonds is 14. The van der Waals surface area contributed by atoms with Gasteiger partial charge in [-0.25, -0.2) is 0 Å². The first-order valence-corrected chi connectivity index (χ1v) is 9.50. The van der Waals surface area contributed by atoms with Crippen LogP contribution in [0.3, 0.4) is 0 Å². The molecule has 0 saturated heterocycles. The van der Waals surface area contributed by atoms with Gasteiger partial charge in [0.15, 0.2) is 0 Å². The molecule has 0 rings (SSSR count). The van der Waals surface area contributed by atoms with E-state index in [0.717, 1.165) is 25.7 Å². The van der Waals surface area contributed by atoms with E-state index < -0.39 is 8.25 Å². The number of hydrogen-bond acceptors (Lipinski definition) is 3. The molecule has 3 unspecified atom stereocenters. The number of unbranched alkanes of at least 4 members (excludes halogenated alkanes) is 4. The molecule has 0 saturated carbocycles. The predicted octanol–water partition coefficient (Wildman–Crippen LogP) is 6.25. The van der Waals surface area contributed by atoms with Crippen LogP contribution in [-0.2, 0) is 30.1 Å². The van der Waals surface area contributed by atoms with Crippen molar-refractivity contribution < 1.29 is 30.1 Å². The zero-order chi connectivity index (χ0) is 15.2. The third-order valence-corrected chi connectivity index (χ3v) is 4.58. The summed E-state index contributed by atoms with van der Waals surface area (Å²) in [5, 5.41) is 0. The van der Waals surface area contributed by atoms with Crippen LogP contribution in [0.1, 0.15) is 85.5 Å². The maximum Gasteiger partial charge on any atom is 0.697 e. The third kappa shape index (κ3) is 15.2. The Labute approximate surface area is 142 Å². The fraction of sp³-hybridized carbons (Fsp3) is 1.00. The molecule has 0 aromatic heterocycles. The van der Waals surface area contributed by atoms with Gasteiger partial charge < -0.3 is 0 Å². The predicted molar refractivity (Wildman–Crippen MR) is 86.2 cm³/mol. The summed E-state index contributed by atoms with van der Waals surface area (Å²) in [4.78, 5) is 0. The minimum absolute atomic E-state index is 0. The summed E-state index contributed by atoms with van der Waals surface area (Å²) in [6, 6.07) is 0. The zero-order valence-corrected chi connectivity index (χ0v) is 16.1. The third-order valence-electron chi connectivity index (χ3n) is 3.69. The van der Waals surface area contributed by atoms with Crippen molar-refractivity contribution in [3.05, 3.63) is 0 Å². The van der Waals surface area contributed by atoms with Gasteiger partial charge in [-0.05, 0) is 25.7 Å². The standard InChI is InChI=1S/C16H34O3P.Ni/c1-5-8-10-11-12-15(4)19-20(17)18-14-16(7-3)13-9-6-2;/h15-16H,5-14H2,1-4H3;/q+1;. The monoisotopic (exact) mass is 363 g/mol. The Morgan fingerprint density at radius 3 is 2.19 bits per heavy atom. The van der Waals surface area contributed by atoms with Crippen molar-refractivity contribution in [2.45, 2.75) is 91.6 Å². The van der Waals surface area contributed by atoms with Gasteiger partial charge in [0.05, 0.1) is 0 Å². The molecule has 0 aromatic rings. The average molecular weight is 364 g/mol. The van der Waals surface area contributed by atoms with Gasteiger partial charge in [-0.15, -0.1) is 9.05 Å². The van der Waals surface area contributed by atoms with E-state index in [1.165, 1.54) is 32.1 Å². The molecule has 0 bridgehead atoms. The Hall–Kier alpha value is 0.514. The fourth-order valence-electron chi connectivity index (χ4n) is 2.15. The van der Waals surface area contributed by atoms with Gasteiger partial charge in [0.1, 0.15) is 12.7 Å². The van der Waals surface area contributed by atoms with Gasteiger partial charge in [0, 0.05) is 21.1 Å². The molecule has 0 aliphatic rings. The Bertz CT molecular complexity index is 240. The van der Waals surface area contributed by atoms with E-state index in [1.54, 1.807) is 0 Å². The maximum absolute atomic E-state index is 11.7. The summed E-state index contributed by atoms with van der Waals surface area (Å²) >= 11 is 0. The SMILES string of the molecule is CCCCCCC(C)O[P+](=O)OCC(CC)CCCC.[Ni]. The van der Waals surface area contributed by atoms with E-state index >= 15 is 0 Å². The molecule has 3 nitrogen and oxygen atoms in total. The largest absolute Gasteiger partial charge is 0.697 e. The average Bonchev–Trinajstić information content (AvgIpc) is 2.44. The van der Waals surface area contributed by atoms with Crippen LogP contribution in [0.15, 0.2) is 0 Å². The molecular formula is C16H34NiO3P+. The molecule has 0 amide bonds. The molecule has 21 heavy (non-hydrogen) atoms. The normalized spacial score (nSPS) is 14.4. The molecule has 0 spiro atoms. The van der Waals surface area contributed by atoms with Crippen LogP contribution in [0.5, 0.6) is 0 Å². The molecular weight excluding hydrogens is 330 g/mol. The van der Waals surface area contributed by atoms with E-state index in [1.807, 2.05) is 6.92 Å². The van der Waals surface area contributed by atoms with Crippen LogP contribution in [0.4, 0.5) is 0 Å². The van der Waals surface area contributed by atoms with Gasteiger partial charge in [-0.1, -0.05) is 65.7 Å². The van der Waals surface area contributed by atoms with Crippen molar-refractivity contribution >= 4 is 8.25 Å². The van der Waals surface area contributed by atoms with Gasteiger partial charge in [0.2, 0.25) is 0 Å². The van der Waals surface area contributed by atoms with Gasteiger partial charge in [-0.2, -0.15) is 0 Å². The van der Waals surface area contributed by atoms with Gasteiger partial charge in [0.25, 0.3) is 0 Å². The van der Waals surface area contributed by atoms with Crippen molar-refractivity contribution in [3.63, 3.8) is 0 Å². The Morgan fingerprint density at radius 2 is 1.62 bits per heavy atom. The summed E-state index contributed by atoms with van der Waals surface area (Å²) in [5.74, 6) is 0.511. The molecule has 0 aromatic carbocycles. The summed E-state index contributed by atoms with van der Waals surface area (Å²) in [6.07, 6.45) is 10.5. The second-order valence-electron chi connectivity index (χ2n) is 5.70. The number of hydrogen-bond donors (Lipinski definition) is 0.